The predicted molar refractivity (Wildman–Crippen MR) is 127 cm³/mol. The second kappa shape index (κ2) is 11.1. The van der Waals surface area contributed by atoms with Crippen molar-refractivity contribution >= 4 is 23.3 Å². The third-order valence-electron chi connectivity index (χ3n) is 5.15. The van der Waals surface area contributed by atoms with Crippen molar-refractivity contribution in [3.63, 3.8) is 0 Å². The number of hydrogen-bond donors (Lipinski definition) is 1. The Hall–Kier alpha value is -3.93. The number of anilines is 1. The third-order valence-corrected chi connectivity index (χ3v) is 5.15. The van der Waals surface area contributed by atoms with Crippen LogP contribution in [-0.2, 0) is 14.3 Å². The molecule has 3 rings (SSSR count). The van der Waals surface area contributed by atoms with Gasteiger partial charge < -0.3 is 14.8 Å². The standard InChI is InChI=1S/C27H27NO5/c1-18-4-7-21(8-5-18)25(29)17-32-27(31)15-14-26(30)28-22-9-12-23(13-10-22)33-24-11-6-19(2)20(3)16-24/h4-13,16H,14-15,17H2,1-3H3,(H,28,30). The van der Waals surface area contributed by atoms with E-state index >= 15 is 0 Å². The van der Waals surface area contributed by atoms with Crippen molar-refractivity contribution in [2.24, 2.45) is 0 Å². The Balaban J connectivity index is 1.40. The van der Waals surface area contributed by atoms with Crippen LogP contribution in [0.5, 0.6) is 11.5 Å². The average molecular weight is 446 g/mol. The highest BCUT2D eigenvalue weighted by molar-refractivity contribution is 5.98. The van der Waals surface area contributed by atoms with Crippen LogP contribution in [0.4, 0.5) is 5.69 Å². The highest BCUT2D eigenvalue weighted by atomic mass is 16.5. The number of Topliss-reactive ketones (excluding diaryl/α,β-unsaturated/α-hetero) is 1. The summed E-state index contributed by atoms with van der Waals surface area (Å²) in [5, 5.41) is 2.73. The first-order valence-corrected chi connectivity index (χ1v) is 10.7. The summed E-state index contributed by atoms with van der Waals surface area (Å²) in [5.74, 6) is 0.200. The van der Waals surface area contributed by atoms with E-state index in [-0.39, 0.29) is 31.1 Å². The van der Waals surface area contributed by atoms with Gasteiger partial charge in [-0.1, -0.05) is 35.9 Å². The Morgan fingerprint density at radius 3 is 2.09 bits per heavy atom. The molecule has 3 aromatic carbocycles. The minimum absolute atomic E-state index is 0.0432. The van der Waals surface area contributed by atoms with Gasteiger partial charge >= 0.3 is 5.97 Å². The molecule has 6 heteroatoms. The van der Waals surface area contributed by atoms with Crippen molar-refractivity contribution < 1.29 is 23.9 Å². The van der Waals surface area contributed by atoms with Gasteiger partial charge in [-0.25, -0.2) is 0 Å². The van der Waals surface area contributed by atoms with Gasteiger partial charge in [-0.2, -0.15) is 0 Å². The molecule has 0 aliphatic carbocycles. The van der Waals surface area contributed by atoms with Gasteiger partial charge in [0.05, 0.1) is 6.42 Å². The first-order chi connectivity index (χ1) is 15.8. The van der Waals surface area contributed by atoms with Crippen LogP contribution in [-0.4, -0.2) is 24.3 Å². The van der Waals surface area contributed by atoms with Crippen molar-refractivity contribution in [3.8, 4) is 11.5 Å². The van der Waals surface area contributed by atoms with Gasteiger partial charge in [0.2, 0.25) is 5.91 Å². The lowest BCUT2D eigenvalue weighted by Gasteiger charge is -2.09. The van der Waals surface area contributed by atoms with Gasteiger partial charge in [-0.05, 0) is 68.3 Å². The zero-order chi connectivity index (χ0) is 23.8. The molecule has 170 valence electrons. The second-order valence-corrected chi connectivity index (χ2v) is 7.87. The number of esters is 1. The maximum absolute atomic E-state index is 12.1. The summed E-state index contributed by atoms with van der Waals surface area (Å²) < 4.78 is 10.8. The molecule has 33 heavy (non-hydrogen) atoms. The zero-order valence-corrected chi connectivity index (χ0v) is 19.0. The predicted octanol–water partition coefficient (Wildman–Crippen LogP) is 5.55. The van der Waals surface area contributed by atoms with Crippen LogP contribution in [0.1, 0.15) is 39.9 Å². The summed E-state index contributed by atoms with van der Waals surface area (Å²) in [7, 11) is 0. The lowest BCUT2D eigenvalue weighted by Crippen LogP contribution is -2.17. The van der Waals surface area contributed by atoms with Gasteiger partial charge in [-0.15, -0.1) is 0 Å². The molecule has 0 saturated carbocycles. The van der Waals surface area contributed by atoms with E-state index in [1.807, 2.05) is 51.1 Å². The summed E-state index contributed by atoms with van der Waals surface area (Å²) in [6.45, 7) is 5.65. The molecule has 0 fully saturated rings. The molecule has 0 aliphatic rings. The number of nitrogens with one attached hydrogen (secondary N) is 1. The molecule has 0 unspecified atom stereocenters. The highest BCUT2D eigenvalue weighted by Crippen LogP contribution is 2.25. The molecule has 3 aromatic rings. The Kier molecular flexibility index (Phi) is 7.97. The Morgan fingerprint density at radius 1 is 0.758 bits per heavy atom. The van der Waals surface area contributed by atoms with Crippen molar-refractivity contribution in [1.82, 2.24) is 0 Å². The second-order valence-electron chi connectivity index (χ2n) is 7.87. The molecule has 0 radical (unpaired) electrons. The first kappa shape index (κ1) is 23.7. The summed E-state index contributed by atoms with van der Waals surface area (Å²) in [6, 6.07) is 19.9. The maximum Gasteiger partial charge on any atom is 0.306 e. The number of benzene rings is 3. The molecular formula is C27H27NO5. The SMILES string of the molecule is Cc1ccc(C(=O)COC(=O)CCC(=O)Nc2ccc(Oc3ccc(C)c(C)c3)cc2)cc1. The molecule has 0 saturated heterocycles. The number of ketones is 1. The first-order valence-electron chi connectivity index (χ1n) is 10.7. The van der Waals surface area contributed by atoms with Crippen molar-refractivity contribution in [1.29, 1.82) is 0 Å². The Labute approximate surface area is 193 Å². The third kappa shape index (κ3) is 7.31. The summed E-state index contributed by atoms with van der Waals surface area (Å²) in [6.07, 6.45) is -0.153. The van der Waals surface area contributed by atoms with Crippen molar-refractivity contribution in [3.05, 3.63) is 89.0 Å². The minimum atomic E-state index is -0.595. The van der Waals surface area contributed by atoms with E-state index in [2.05, 4.69) is 5.32 Å². The quantitative estimate of drug-likeness (QED) is 0.345. The van der Waals surface area contributed by atoms with Crippen LogP contribution in [0.2, 0.25) is 0 Å². The van der Waals surface area contributed by atoms with Crippen LogP contribution < -0.4 is 10.1 Å². The molecule has 0 spiro atoms. The van der Waals surface area contributed by atoms with Crippen LogP contribution in [0.25, 0.3) is 0 Å². The lowest BCUT2D eigenvalue weighted by molar-refractivity contribution is -0.143. The molecule has 0 aliphatic heterocycles. The van der Waals surface area contributed by atoms with E-state index in [9.17, 15) is 14.4 Å². The van der Waals surface area contributed by atoms with Crippen LogP contribution in [0.3, 0.4) is 0 Å². The molecular weight excluding hydrogens is 418 g/mol. The molecule has 1 amide bonds. The van der Waals surface area contributed by atoms with Crippen molar-refractivity contribution in [2.45, 2.75) is 33.6 Å². The molecule has 0 atom stereocenters. The van der Waals surface area contributed by atoms with E-state index in [0.717, 1.165) is 16.9 Å². The number of aryl methyl sites for hydroxylation is 3. The monoisotopic (exact) mass is 445 g/mol. The van der Waals surface area contributed by atoms with Crippen molar-refractivity contribution in [2.75, 3.05) is 11.9 Å². The van der Waals surface area contributed by atoms with Crippen LogP contribution in [0, 0.1) is 20.8 Å². The lowest BCUT2D eigenvalue weighted by atomic mass is 10.1. The number of amides is 1. The van der Waals surface area contributed by atoms with E-state index in [1.54, 1.807) is 36.4 Å². The van der Waals surface area contributed by atoms with E-state index in [1.165, 1.54) is 5.56 Å². The molecule has 0 bridgehead atoms. The number of hydrogen-bond acceptors (Lipinski definition) is 5. The van der Waals surface area contributed by atoms with Gasteiger partial charge in [0.15, 0.2) is 12.4 Å². The van der Waals surface area contributed by atoms with Crippen LogP contribution in [0.15, 0.2) is 66.7 Å². The average Bonchev–Trinajstić information content (AvgIpc) is 2.80. The summed E-state index contributed by atoms with van der Waals surface area (Å²) >= 11 is 0. The number of carbonyl (C=O) groups excluding carboxylic acids is 3. The maximum atomic E-state index is 12.1. The van der Waals surface area contributed by atoms with Gasteiger partial charge in [0, 0.05) is 17.7 Å². The van der Waals surface area contributed by atoms with E-state index in [0.29, 0.717) is 17.0 Å². The zero-order valence-electron chi connectivity index (χ0n) is 19.0. The number of carbonyl (C=O) groups is 3. The Bertz CT molecular complexity index is 1130. The number of rotatable bonds is 9. The topological polar surface area (TPSA) is 81.7 Å². The van der Waals surface area contributed by atoms with Gasteiger partial charge in [0.1, 0.15) is 11.5 Å². The smallest absolute Gasteiger partial charge is 0.306 e. The molecule has 1 N–H and O–H groups in total. The normalized spacial score (nSPS) is 10.4. The summed E-state index contributed by atoms with van der Waals surface area (Å²) in [5.41, 5.74) is 4.46. The Morgan fingerprint density at radius 2 is 1.42 bits per heavy atom. The molecule has 6 nitrogen and oxygen atoms in total. The van der Waals surface area contributed by atoms with Gasteiger partial charge in [0.25, 0.3) is 0 Å². The fraction of sp³-hybridized carbons (Fsp3) is 0.222. The summed E-state index contributed by atoms with van der Waals surface area (Å²) in [4.78, 5) is 36.1. The fourth-order valence-corrected chi connectivity index (χ4v) is 3.00. The highest BCUT2D eigenvalue weighted by Gasteiger charge is 2.12. The van der Waals surface area contributed by atoms with E-state index < -0.39 is 5.97 Å². The van der Waals surface area contributed by atoms with E-state index in [4.69, 9.17) is 9.47 Å². The fourth-order valence-electron chi connectivity index (χ4n) is 3.00. The number of ether oxygens (including phenoxy) is 2. The van der Waals surface area contributed by atoms with Crippen LogP contribution >= 0.6 is 0 Å². The molecule has 0 heterocycles. The van der Waals surface area contributed by atoms with Gasteiger partial charge in [-0.3, -0.25) is 14.4 Å². The molecule has 0 aromatic heterocycles. The minimum Gasteiger partial charge on any atom is -0.457 e. The largest absolute Gasteiger partial charge is 0.457 e.